The van der Waals surface area contributed by atoms with Crippen LogP contribution in [0.15, 0.2) is 0 Å². The van der Waals surface area contributed by atoms with Crippen LogP contribution in [0, 0.1) is 0 Å². The van der Waals surface area contributed by atoms with Crippen LogP contribution >= 0.6 is 45.5 Å². The fourth-order valence-corrected chi connectivity index (χ4v) is 6.33. The minimum Gasteiger partial charge on any atom is -0.305 e. The zero-order valence-corrected chi connectivity index (χ0v) is 17.6. The molecule has 0 N–H and O–H groups in total. The molecule has 2 aliphatic heterocycles. The molecule has 0 aromatic heterocycles. The predicted octanol–water partition coefficient (Wildman–Crippen LogP) is 3.18. The van der Waals surface area contributed by atoms with Crippen LogP contribution in [0.4, 0.5) is 9.59 Å². The zero-order chi connectivity index (χ0) is 17.4. The fourth-order valence-electron chi connectivity index (χ4n) is 2.54. The largest absolute Gasteiger partial charge is 0.305 e. The first-order valence-corrected chi connectivity index (χ1v) is 11.9. The molecule has 0 atom stereocenters. The summed E-state index contributed by atoms with van der Waals surface area (Å²) in [5.41, 5.74) is 0. The van der Waals surface area contributed by atoms with Gasteiger partial charge in [0.25, 0.3) is 8.89 Å². The summed E-state index contributed by atoms with van der Waals surface area (Å²) in [5.74, 6) is 0. The molecule has 2 heterocycles. The third kappa shape index (κ3) is 8.31. The van der Waals surface area contributed by atoms with Crippen molar-refractivity contribution >= 4 is 54.4 Å². The van der Waals surface area contributed by atoms with E-state index in [1.807, 2.05) is 0 Å². The van der Waals surface area contributed by atoms with Gasteiger partial charge in [0.2, 0.25) is 0 Å². The molecule has 24 heavy (non-hydrogen) atoms. The van der Waals surface area contributed by atoms with Crippen LogP contribution in [0.2, 0.25) is 0 Å². The maximum Gasteiger partial charge on any atom is 0.272 e. The van der Waals surface area contributed by atoms with Crippen molar-refractivity contribution in [2.24, 2.45) is 0 Å². The average Bonchev–Trinajstić information content (AvgIpc) is 2.86. The van der Waals surface area contributed by atoms with E-state index < -0.39 is 0 Å². The molecular weight excluding hydrogens is 384 g/mol. The zero-order valence-electron chi connectivity index (χ0n) is 14.3. The Kier molecular flexibility index (Phi) is 9.86. The molecule has 2 fully saturated rings. The number of rotatable bonds is 2. The highest BCUT2D eigenvalue weighted by molar-refractivity contribution is 8.93. The van der Waals surface area contributed by atoms with E-state index in [-0.39, 0.29) is 8.89 Å². The second-order valence-corrected chi connectivity index (χ2v) is 10.8. The van der Waals surface area contributed by atoms with E-state index >= 15 is 0 Å². The molecular formula is C14H26N4O2S4. The van der Waals surface area contributed by atoms with Crippen LogP contribution in [0.25, 0.3) is 0 Å². The highest BCUT2D eigenvalue weighted by Crippen LogP contribution is 2.36. The third-order valence-electron chi connectivity index (χ3n) is 3.94. The minimum atomic E-state index is -0.00546. The number of hydrogen-bond donors (Lipinski definition) is 0. The summed E-state index contributed by atoms with van der Waals surface area (Å²) in [4.78, 5) is 28.7. The quantitative estimate of drug-likeness (QED) is 0.501. The molecule has 2 rings (SSSR count). The Labute approximate surface area is 161 Å². The first-order valence-electron chi connectivity index (χ1n) is 8.18. The van der Waals surface area contributed by atoms with Crippen molar-refractivity contribution in [3.63, 3.8) is 0 Å². The number of likely N-dealkylation sites (N-methyl/N-ethyl adjacent to an activating group) is 2. The topological polar surface area (TPSA) is 47.1 Å². The first kappa shape index (κ1) is 20.9. The van der Waals surface area contributed by atoms with E-state index in [4.69, 9.17) is 0 Å². The van der Waals surface area contributed by atoms with E-state index in [1.54, 1.807) is 0 Å². The lowest BCUT2D eigenvalue weighted by Gasteiger charge is -2.18. The lowest BCUT2D eigenvalue weighted by atomic mass is 10.4. The molecule has 10 heteroatoms. The Morgan fingerprint density at radius 1 is 0.625 bits per heavy atom. The van der Waals surface area contributed by atoms with E-state index in [1.165, 1.54) is 23.9 Å². The van der Waals surface area contributed by atoms with Gasteiger partial charge in [0.15, 0.2) is 0 Å². The molecule has 6 nitrogen and oxygen atoms in total. The molecule has 0 saturated carbocycles. The van der Waals surface area contributed by atoms with Gasteiger partial charge in [-0.25, -0.2) is 8.61 Å². The van der Waals surface area contributed by atoms with Crippen LogP contribution in [0.3, 0.4) is 0 Å². The lowest BCUT2D eigenvalue weighted by molar-refractivity contribution is 0.274. The number of carbonyl (C=O) groups is 2. The van der Waals surface area contributed by atoms with Gasteiger partial charge in [-0.1, -0.05) is 0 Å². The molecule has 0 spiro atoms. The number of carbonyl (C=O) groups excluding carboxylic acids is 2. The predicted molar refractivity (Wildman–Crippen MR) is 109 cm³/mol. The highest BCUT2D eigenvalue weighted by Gasteiger charge is 2.20. The molecule has 138 valence electrons. The maximum atomic E-state index is 12.1. The van der Waals surface area contributed by atoms with Gasteiger partial charge in [-0.15, -0.1) is 0 Å². The molecule has 0 aromatic rings. The summed E-state index contributed by atoms with van der Waals surface area (Å²) in [6, 6.07) is 0. The SMILES string of the molecule is CN1CCCN(SC(=O)SSC(=O)SN2CCCN(C)CC2)CC1. The maximum absolute atomic E-state index is 12.1. The minimum absolute atomic E-state index is 0.00546. The summed E-state index contributed by atoms with van der Waals surface area (Å²) < 4.78 is 4.21. The van der Waals surface area contributed by atoms with Gasteiger partial charge in [0.1, 0.15) is 0 Å². The number of hydrogen-bond acceptors (Lipinski definition) is 10. The average molecular weight is 411 g/mol. The van der Waals surface area contributed by atoms with Crippen molar-refractivity contribution < 1.29 is 9.59 Å². The second-order valence-electron chi connectivity index (χ2n) is 6.02. The Hall–Kier alpha value is 0.580. The highest BCUT2D eigenvalue weighted by atomic mass is 33.1. The van der Waals surface area contributed by atoms with Crippen molar-refractivity contribution in [2.45, 2.75) is 12.8 Å². The van der Waals surface area contributed by atoms with Crippen molar-refractivity contribution in [3.8, 4) is 0 Å². The van der Waals surface area contributed by atoms with Crippen molar-refractivity contribution in [3.05, 3.63) is 0 Å². The Balaban J connectivity index is 1.63. The van der Waals surface area contributed by atoms with Crippen molar-refractivity contribution in [1.29, 1.82) is 0 Å². The lowest BCUT2D eigenvalue weighted by Crippen LogP contribution is -2.25. The van der Waals surface area contributed by atoms with Crippen molar-refractivity contribution in [1.82, 2.24) is 18.4 Å². The van der Waals surface area contributed by atoms with Crippen molar-refractivity contribution in [2.75, 3.05) is 66.5 Å². The standard InChI is InChI=1S/C14H26N4O2S4/c1-15-5-3-7-17(11-9-15)21-13(19)23-24-14(20)22-18-8-4-6-16(2)10-12-18/h3-12H2,1-2H3. The summed E-state index contributed by atoms with van der Waals surface area (Å²) >= 11 is 2.51. The molecule has 2 saturated heterocycles. The summed E-state index contributed by atoms with van der Waals surface area (Å²) in [6.07, 6.45) is 2.15. The van der Waals surface area contributed by atoms with E-state index in [0.29, 0.717) is 0 Å². The van der Waals surface area contributed by atoms with Crippen LogP contribution in [0.1, 0.15) is 12.8 Å². The van der Waals surface area contributed by atoms with E-state index in [9.17, 15) is 9.59 Å². The third-order valence-corrected chi connectivity index (χ3v) is 8.58. The van der Waals surface area contributed by atoms with Gasteiger partial charge in [-0.2, -0.15) is 0 Å². The van der Waals surface area contributed by atoms with Crippen LogP contribution in [-0.2, 0) is 0 Å². The van der Waals surface area contributed by atoms with Gasteiger partial charge in [-0.3, -0.25) is 9.59 Å². The monoisotopic (exact) mass is 410 g/mol. The molecule has 0 unspecified atom stereocenters. The summed E-state index contributed by atoms with van der Waals surface area (Å²) in [5, 5.41) is 0. The summed E-state index contributed by atoms with van der Waals surface area (Å²) in [6.45, 7) is 7.75. The molecule has 2 aliphatic rings. The van der Waals surface area contributed by atoms with Crippen LogP contribution < -0.4 is 0 Å². The van der Waals surface area contributed by atoms with Crippen LogP contribution in [0.5, 0.6) is 0 Å². The molecule has 0 bridgehead atoms. The van der Waals surface area contributed by atoms with Gasteiger partial charge in [0, 0.05) is 84.8 Å². The normalized spacial score (nSPS) is 22.9. The van der Waals surface area contributed by atoms with Gasteiger partial charge >= 0.3 is 0 Å². The van der Waals surface area contributed by atoms with Gasteiger partial charge in [-0.05, 0) is 40.0 Å². The molecule has 0 aliphatic carbocycles. The second kappa shape index (κ2) is 11.3. The smallest absolute Gasteiger partial charge is 0.272 e. The van der Waals surface area contributed by atoms with Gasteiger partial charge < -0.3 is 9.80 Å². The summed E-state index contributed by atoms with van der Waals surface area (Å²) in [7, 11) is 6.33. The number of nitrogens with zero attached hydrogens (tertiary/aromatic N) is 4. The fraction of sp³-hybridized carbons (Fsp3) is 0.857. The first-order chi connectivity index (χ1) is 11.5. The van der Waals surface area contributed by atoms with E-state index in [2.05, 4.69) is 32.5 Å². The molecule has 0 aromatic carbocycles. The Bertz CT molecular complexity index is 392. The van der Waals surface area contributed by atoms with Crippen LogP contribution in [-0.4, -0.2) is 93.8 Å². The van der Waals surface area contributed by atoms with Gasteiger partial charge in [0.05, 0.1) is 0 Å². The molecule has 0 radical (unpaired) electrons. The Morgan fingerprint density at radius 3 is 1.46 bits per heavy atom. The Morgan fingerprint density at radius 2 is 1.04 bits per heavy atom. The van der Waals surface area contributed by atoms with E-state index in [0.717, 1.165) is 86.8 Å². The molecule has 0 amide bonds.